The minimum atomic E-state index is -0.191. The van der Waals surface area contributed by atoms with Gasteiger partial charge in [0.1, 0.15) is 0 Å². The lowest BCUT2D eigenvalue weighted by molar-refractivity contribution is 0.114. The molecule has 0 aromatic heterocycles. The van der Waals surface area contributed by atoms with Crippen molar-refractivity contribution in [3.63, 3.8) is 0 Å². The van der Waals surface area contributed by atoms with Gasteiger partial charge in [0.15, 0.2) is 11.5 Å². The highest BCUT2D eigenvalue weighted by Gasteiger charge is 2.23. The molecule has 2 unspecified atom stereocenters. The molecule has 7 nitrogen and oxygen atoms in total. The molecule has 1 heterocycles. The topological polar surface area (TPSA) is 72.1 Å². The quantitative estimate of drug-likeness (QED) is 0.727. The standard InChI is InChI=1S/C20H33N3O4/c1-14-8-6-7-11-23(14)15(2)12-21-20(24)22-13-16-9-10-17(25-3)19(27-5)18(16)26-4/h9-10,14-15H,6-8,11-13H2,1-5H3,(H2,21,22,24). The lowest BCUT2D eigenvalue weighted by Crippen LogP contribution is -2.49. The van der Waals surface area contributed by atoms with E-state index in [9.17, 15) is 4.79 Å². The van der Waals surface area contributed by atoms with Crippen LogP contribution in [0.1, 0.15) is 38.7 Å². The molecule has 2 N–H and O–H groups in total. The summed E-state index contributed by atoms with van der Waals surface area (Å²) in [7, 11) is 4.71. The summed E-state index contributed by atoms with van der Waals surface area (Å²) in [5.41, 5.74) is 0.822. The number of rotatable bonds is 8. The summed E-state index contributed by atoms with van der Waals surface area (Å²) in [5, 5.41) is 5.86. The number of carbonyl (C=O) groups excluding carboxylic acids is 1. The van der Waals surface area contributed by atoms with Gasteiger partial charge in [-0.25, -0.2) is 4.79 Å². The fraction of sp³-hybridized carbons (Fsp3) is 0.650. The molecule has 1 aliphatic heterocycles. The first-order chi connectivity index (χ1) is 13.0. The van der Waals surface area contributed by atoms with Gasteiger partial charge < -0.3 is 24.8 Å². The zero-order chi connectivity index (χ0) is 19.8. The molecule has 0 spiro atoms. The van der Waals surface area contributed by atoms with E-state index < -0.39 is 0 Å². The molecule has 2 amide bonds. The van der Waals surface area contributed by atoms with Gasteiger partial charge in [0.2, 0.25) is 5.75 Å². The highest BCUT2D eigenvalue weighted by Crippen LogP contribution is 2.39. The Morgan fingerprint density at radius 3 is 2.52 bits per heavy atom. The zero-order valence-corrected chi connectivity index (χ0v) is 17.1. The molecule has 0 radical (unpaired) electrons. The number of amides is 2. The third-order valence-electron chi connectivity index (χ3n) is 5.20. The summed E-state index contributed by atoms with van der Waals surface area (Å²) in [6, 6.07) is 4.37. The van der Waals surface area contributed by atoms with Crippen LogP contribution in [0.3, 0.4) is 0 Å². The van der Waals surface area contributed by atoms with Gasteiger partial charge in [0, 0.05) is 30.7 Å². The Morgan fingerprint density at radius 2 is 1.89 bits per heavy atom. The summed E-state index contributed by atoms with van der Waals surface area (Å²) in [4.78, 5) is 14.7. The number of carbonyl (C=O) groups is 1. The second kappa shape index (κ2) is 10.3. The van der Waals surface area contributed by atoms with Crippen molar-refractivity contribution in [2.45, 2.75) is 51.7 Å². The van der Waals surface area contributed by atoms with E-state index >= 15 is 0 Å². The first-order valence-electron chi connectivity index (χ1n) is 9.57. The summed E-state index contributed by atoms with van der Waals surface area (Å²) < 4.78 is 16.1. The van der Waals surface area contributed by atoms with Gasteiger partial charge in [0.05, 0.1) is 21.3 Å². The molecule has 0 aliphatic carbocycles. The molecule has 0 saturated carbocycles. The Labute approximate surface area is 162 Å². The molecule has 2 rings (SSSR count). The van der Waals surface area contributed by atoms with Crippen LogP contribution in [0.15, 0.2) is 12.1 Å². The number of urea groups is 1. The molecule has 27 heavy (non-hydrogen) atoms. The van der Waals surface area contributed by atoms with Crippen LogP contribution in [-0.2, 0) is 6.54 Å². The van der Waals surface area contributed by atoms with Crippen LogP contribution in [0.25, 0.3) is 0 Å². The van der Waals surface area contributed by atoms with E-state index in [2.05, 4.69) is 29.4 Å². The van der Waals surface area contributed by atoms with E-state index in [1.165, 1.54) is 19.3 Å². The van der Waals surface area contributed by atoms with Crippen molar-refractivity contribution in [3.05, 3.63) is 17.7 Å². The Morgan fingerprint density at radius 1 is 1.15 bits per heavy atom. The highest BCUT2D eigenvalue weighted by atomic mass is 16.5. The van der Waals surface area contributed by atoms with Crippen LogP contribution in [-0.4, -0.2) is 57.4 Å². The maximum atomic E-state index is 12.2. The van der Waals surface area contributed by atoms with Crippen LogP contribution in [0, 0.1) is 0 Å². The lowest BCUT2D eigenvalue weighted by atomic mass is 10.0. The third-order valence-corrected chi connectivity index (χ3v) is 5.20. The summed E-state index contributed by atoms with van der Waals surface area (Å²) >= 11 is 0. The number of hydrogen-bond donors (Lipinski definition) is 2. The largest absolute Gasteiger partial charge is 0.493 e. The number of benzene rings is 1. The van der Waals surface area contributed by atoms with Crippen molar-refractivity contribution >= 4 is 6.03 Å². The van der Waals surface area contributed by atoms with Gasteiger partial charge in [0.25, 0.3) is 0 Å². The number of hydrogen-bond acceptors (Lipinski definition) is 5. The molecule has 1 aromatic rings. The molecule has 1 aliphatic rings. The Bertz CT molecular complexity index is 623. The average Bonchev–Trinajstić information content (AvgIpc) is 2.69. The molecule has 2 atom stereocenters. The zero-order valence-electron chi connectivity index (χ0n) is 17.1. The fourth-order valence-electron chi connectivity index (χ4n) is 3.67. The van der Waals surface area contributed by atoms with Gasteiger partial charge >= 0.3 is 6.03 Å². The Hall–Kier alpha value is -2.15. The molecular weight excluding hydrogens is 346 g/mol. The molecule has 1 fully saturated rings. The van der Waals surface area contributed by atoms with Gasteiger partial charge in [-0.3, -0.25) is 4.90 Å². The average molecular weight is 380 g/mol. The van der Waals surface area contributed by atoms with Crippen molar-refractivity contribution in [1.29, 1.82) is 0 Å². The number of likely N-dealkylation sites (tertiary alicyclic amines) is 1. The number of methoxy groups -OCH3 is 3. The minimum absolute atomic E-state index is 0.191. The van der Waals surface area contributed by atoms with Gasteiger partial charge in [-0.05, 0) is 45.4 Å². The Kier molecular flexibility index (Phi) is 8.03. The normalized spacial score (nSPS) is 18.5. The Balaban J connectivity index is 1.88. The van der Waals surface area contributed by atoms with E-state index in [0.717, 1.165) is 12.1 Å². The summed E-state index contributed by atoms with van der Waals surface area (Å²) in [6.45, 7) is 6.50. The van der Waals surface area contributed by atoms with Gasteiger partial charge in [-0.15, -0.1) is 0 Å². The maximum Gasteiger partial charge on any atom is 0.315 e. The van der Waals surface area contributed by atoms with Crippen LogP contribution in [0.4, 0.5) is 4.79 Å². The van der Waals surface area contributed by atoms with Crippen LogP contribution >= 0.6 is 0 Å². The number of nitrogens with one attached hydrogen (secondary N) is 2. The smallest absolute Gasteiger partial charge is 0.315 e. The minimum Gasteiger partial charge on any atom is -0.493 e. The van der Waals surface area contributed by atoms with E-state index in [-0.39, 0.29) is 6.03 Å². The first kappa shape index (κ1) is 21.2. The van der Waals surface area contributed by atoms with E-state index in [0.29, 0.717) is 42.4 Å². The van der Waals surface area contributed by atoms with Gasteiger partial charge in [-0.2, -0.15) is 0 Å². The number of ether oxygens (including phenoxy) is 3. The van der Waals surface area contributed by atoms with Crippen molar-refractivity contribution in [2.24, 2.45) is 0 Å². The van der Waals surface area contributed by atoms with Crippen molar-refractivity contribution < 1.29 is 19.0 Å². The maximum absolute atomic E-state index is 12.2. The van der Waals surface area contributed by atoms with Gasteiger partial charge in [-0.1, -0.05) is 6.42 Å². The molecular formula is C20H33N3O4. The summed E-state index contributed by atoms with van der Waals surface area (Å²) in [6.07, 6.45) is 3.76. The molecule has 152 valence electrons. The lowest BCUT2D eigenvalue weighted by Gasteiger charge is -2.38. The van der Waals surface area contributed by atoms with Crippen LogP contribution < -0.4 is 24.8 Å². The molecule has 7 heteroatoms. The number of piperidine rings is 1. The van der Waals surface area contributed by atoms with E-state index in [1.807, 2.05) is 6.07 Å². The van der Waals surface area contributed by atoms with E-state index in [4.69, 9.17) is 14.2 Å². The molecule has 0 bridgehead atoms. The van der Waals surface area contributed by atoms with Crippen molar-refractivity contribution in [3.8, 4) is 17.2 Å². The predicted octanol–water partition coefficient (Wildman–Crippen LogP) is 2.77. The van der Waals surface area contributed by atoms with Crippen LogP contribution in [0.5, 0.6) is 17.2 Å². The molecule has 1 saturated heterocycles. The monoisotopic (exact) mass is 379 g/mol. The first-order valence-corrected chi connectivity index (χ1v) is 9.57. The third kappa shape index (κ3) is 5.42. The SMILES string of the molecule is COc1ccc(CNC(=O)NCC(C)N2CCCCC2C)c(OC)c1OC. The summed E-state index contributed by atoms with van der Waals surface area (Å²) in [5.74, 6) is 1.67. The number of nitrogens with zero attached hydrogens (tertiary/aromatic N) is 1. The second-order valence-electron chi connectivity index (χ2n) is 6.99. The van der Waals surface area contributed by atoms with Crippen molar-refractivity contribution in [1.82, 2.24) is 15.5 Å². The highest BCUT2D eigenvalue weighted by molar-refractivity contribution is 5.74. The van der Waals surface area contributed by atoms with Crippen molar-refractivity contribution in [2.75, 3.05) is 34.4 Å². The predicted molar refractivity (Wildman–Crippen MR) is 106 cm³/mol. The fourth-order valence-corrected chi connectivity index (χ4v) is 3.67. The van der Waals surface area contributed by atoms with Crippen LogP contribution in [0.2, 0.25) is 0 Å². The second-order valence-corrected chi connectivity index (χ2v) is 6.99. The molecule has 1 aromatic carbocycles. The van der Waals surface area contributed by atoms with E-state index in [1.54, 1.807) is 27.4 Å².